The molecule has 0 aliphatic rings. The predicted molar refractivity (Wildman–Crippen MR) is 108 cm³/mol. The number of nitrogens with zero attached hydrogens (tertiary/aromatic N) is 4. The van der Waals surface area contributed by atoms with E-state index in [0.717, 1.165) is 5.39 Å². The molecule has 9 heteroatoms. The zero-order valence-corrected chi connectivity index (χ0v) is 15.2. The Morgan fingerprint density at radius 2 is 1.80 bits per heavy atom. The van der Waals surface area contributed by atoms with Gasteiger partial charge in [-0.05, 0) is 42.5 Å². The number of nitrogens with one attached hydrogen (secondary N) is 1. The molecule has 3 heterocycles. The van der Waals surface area contributed by atoms with Gasteiger partial charge in [0.1, 0.15) is 11.4 Å². The van der Waals surface area contributed by atoms with Crippen LogP contribution in [0, 0.1) is 5.82 Å². The van der Waals surface area contributed by atoms with Crippen LogP contribution in [0.15, 0.2) is 91.1 Å². The molecule has 0 saturated heterocycles. The second-order valence-corrected chi connectivity index (χ2v) is 6.44. The third-order valence-corrected chi connectivity index (χ3v) is 4.53. The molecule has 5 aromatic rings. The van der Waals surface area contributed by atoms with Crippen LogP contribution in [0.5, 0.6) is 0 Å². The summed E-state index contributed by atoms with van der Waals surface area (Å²) >= 11 is 0. The van der Waals surface area contributed by atoms with Crippen molar-refractivity contribution in [2.24, 2.45) is 10.2 Å². The van der Waals surface area contributed by atoms with E-state index in [-0.39, 0.29) is 16.9 Å². The molecule has 0 atom stereocenters. The summed E-state index contributed by atoms with van der Waals surface area (Å²) in [6, 6.07) is 15.8. The Morgan fingerprint density at radius 1 is 1.00 bits per heavy atom. The number of H-pyrrole nitrogens is 1. The Morgan fingerprint density at radius 3 is 2.63 bits per heavy atom. The number of aromatic amines is 1. The van der Waals surface area contributed by atoms with Crippen LogP contribution >= 0.6 is 0 Å². The van der Waals surface area contributed by atoms with Gasteiger partial charge in [0, 0.05) is 11.6 Å². The fourth-order valence-electron chi connectivity index (χ4n) is 3.12. The Balaban J connectivity index is 1.67. The van der Waals surface area contributed by atoms with Crippen LogP contribution < -0.4 is 11.2 Å². The molecule has 2 aromatic carbocycles. The van der Waals surface area contributed by atoms with Crippen molar-refractivity contribution in [2.45, 2.75) is 0 Å². The van der Waals surface area contributed by atoms with Gasteiger partial charge in [-0.1, -0.05) is 18.2 Å². The summed E-state index contributed by atoms with van der Waals surface area (Å²) < 4.78 is 19.8. The summed E-state index contributed by atoms with van der Waals surface area (Å²) in [5.41, 5.74) is 0.556. The highest BCUT2D eigenvalue weighted by atomic mass is 19.1. The van der Waals surface area contributed by atoms with E-state index >= 15 is 0 Å². The van der Waals surface area contributed by atoms with Crippen LogP contribution in [-0.4, -0.2) is 14.6 Å². The van der Waals surface area contributed by atoms with Gasteiger partial charge >= 0.3 is 5.63 Å². The summed E-state index contributed by atoms with van der Waals surface area (Å²) in [4.78, 5) is 29.2. The van der Waals surface area contributed by atoms with E-state index < -0.39 is 17.0 Å². The van der Waals surface area contributed by atoms with Crippen molar-refractivity contribution in [3.8, 4) is 11.3 Å². The molecular formula is C21H12FN5O3. The monoisotopic (exact) mass is 401 g/mol. The number of azo groups is 1. The summed E-state index contributed by atoms with van der Waals surface area (Å²) in [5.74, 6) is -0.401. The lowest BCUT2D eigenvalue weighted by atomic mass is 10.1. The SMILES string of the molecule is O=c1[nH]n2c(-c3cc4ccccc4oc3=O)ccnc2c1N=Nc1ccc(F)cc1. The molecule has 0 bridgehead atoms. The second-order valence-electron chi connectivity index (χ2n) is 6.44. The Labute approximate surface area is 166 Å². The van der Waals surface area contributed by atoms with Gasteiger partial charge in [-0.15, -0.1) is 5.11 Å². The number of hydrogen-bond acceptors (Lipinski definition) is 6. The van der Waals surface area contributed by atoms with Crippen molar-refractivity contribution in [1.29, 1.82) is 0 Å². The minimum atomic E-state index is -0.551. The number of rotatable bonds is 3. The van der Waals surface area contributed by atoms with Crippen LogP contribution in [0.4, 0.5) is 15.8 Å². The van der Waals surface area contributed by atoms with E-state index in [2.05, 4.69) is 20.3 Å². The second kappa shape index (κ2) is 6.89. The third-order valence-electron chi connectivity index (χ3n) is 4.53. The molecule has 0 amide bonds. The number of benzene rings is 2. The van der Waals surface area contributed by atoms with Gasteiger partial charge in [-0.3, -0.25) is 9.89 Å². The molecule has 8 nitrogen and oxygen atoms in total. The van der Waals surface area contributed by atoms with Gasteiger partial charge in [0.25, 0.3) is 5.56 Å². The maximum absolute atomic E-state index is 13.0. The van der Waals surface area contributed by atoms with E-state index in [4.69, 9.17) is 4.42 Å². The Bertz CT molecular complexity index is 1550. The first-order valence-corrected chi connectivity index (χ1v) is 8.90. The lowest BCUT2D eigenvalue weighted by Crippen LogP contribution is -2.08. The molecular weight excluding hydrogens is 389 g/mol. The Kier molecular flexibility index (Phi) is 4.06. The molecule has 0 saturated carbocycles. The van der Waals surface area contributed by atoms with E-state index in [0.29, 0.717) is 17.0 Å². The maximum Gasteiger partial charge on any atom is 0.345 e. The van der Waals surface area contributed by atoms with Crippen molar-refractivity contribution >= 4 is 28.0 Å². The molecule has 3 aromatic heterocycles. The molecule has 30 heavy (non-hydrogen) atoms. The van der Waals surface area contributed by atoms with Crippen LogP contribution in [0.1, 0.15) is 0 Å². The first kappa shape index (κ1) is 17.7. The third kappa shape index (κ3) is 2.98. The highest BCUT2D eigenvalue weighted by molar-refractivity contribution is 5.81. The number of fused-ring (bicyclic) bond motifs is 2. The number of halogens is 1. The zero-order valence-electron chi connectivity index (χ0n) is 15.2. The van der Waals surface area contributed by atoms with Crippen LogP contribution in [-0.2, 0) is 0 Å². The van der Waals surface area contributed by atoms with Crippen molar-refractivity contribution in [3.63, 3.8) is 0 Å². The lowest BCUT2D eigenvalue weighted by molar-refractivity contribution is 0.562. The standard InChI is InChI=1S/C21H12FN5O3/c22-13-5-7-14(8-6-13)24-25-18-19-23-10-9-16(27(19)26-20(18)28)15-11-12-3-1-2-4-17(12)30-21(15)29/h1-11H,(H,26,28). The topological polar surface area (TPSA) is 105 Å². The highest BCUT2D eigenvalue weighted by Crippen LogP contribution is 2.24. The molecule has 146 valence electrons. The molecule has 1 N–H and O–H groups in total. The average Bonchev–Trinajstić information content (AvgIpc) is 3.08. The Hall–Kier alpha value is -4.40. The van der Waals surface area contributed by atoms with E-state index in [1.165, 1.54) is 35.0 Å². The quantitative estimate of drug-likeness (QED) is 0.358. The van der Waals surface area contributed by atoms with E-state index in [9.17, 15) is 14.0 Å². The maximum atomic E-state index is 13.0. The summed E-state index contributed by atoms with van der Waals surface area (Å²) in [5, 5.41) is 11.3. The van der Waals surface area contributed by atoms with Crippen LogP contribution in [0.2, 0.25) is 0 Å². The highest BCUT2D eigenvalue weighted by Gasteiger charge is 2.16. The first-order valence-electron chi connectivity index (χ1n) is 8.90. The van der Waals surface area contributed by atoms with Gasteiger partial charge in [0.2, 0.25) is 0 Å². The molecule has 0 spiro atoms. The van der Waals surface area contributed by atoms with E-state index in [1.807, 2.05) is 12.1 Å². The summed E-state index contributed by atoms with van der Waals surface area (Å²) in [7, 11) is 0. The van der Waals surface area contributed by atoms with Crippen molar-refractivity contribution in [2.75, 3.05) is 0 Å². The summed E-state index contributed by atoms with van der Waals surface area (Å²) in [6.07, 6.45) is 1.46. The van der Waals surface area contributed by atoms with Crippen molar-refractivity contribution in [3.05, 3.63) is 93.5 Å². The minimum absolute atomic E-state index is 0.0358. The van der Waals surface area contributed by atoms with Gasteiger partial charge in [-0.25, -0.2) is 18.7 Å². The first-order chi connectivity index (χ1) is 14.6. The smallest absolute Gasteiger partial charge is 0.345 e. The molecule has 0 fully saturated rings. The largest absolute Gasteiger partial charge is 0.422 e. The fraction of sp³-hybridized carbons (Fsp3) is 0. The minimum Gasteiger partial charge on any atom is -0.422 e. The normalized spacial score (nSPS) is 11.6. The van der Waals surface area contributed by atoms with Gasteiger partial charge < -0.3 is 4.42 Å². The average molecular weight is 401 g/mol. The van der Waals surface area contributed by atoms with Gasteiger partial charge in [0.05, 0.1) is 16.9 Å². The zero-order chi connectivity index (χ0) is 20.7. The van der Waals surface area contributed by atoms with Crippen molar-refractivity contribution < 1.29 is 8.81 Å². The molecule has 0 unspecified atom stereocenters. The van der Waals surface area contributed by atoms with Gasteiger partial charge in [-0.2, -0.15) is 5.11 Å². The fourth-order valence-corrected chi connectivity index (χ4v) is 3.12. The van der Waals surface area contributed by atoms with Gasteiger partial charge in [0.15, 0.2) is 11.3 Å². The number of aromatic nitrogens is 3. The molecule has 0 aliphatic heterocycles. The molecule has 0 aliphatic carbocycles. The predicted octanol–water partition coefficient (Wildman–Crippen LogP) is 4.35. The molecule has 5 rings (SSSR count). The van der Waals surface area contributed by atoms with E-state index in [1.54, 1.807) is 24.3 Å². The number of para-hydroxylation sites is 1. The lowest BCUT2D eigenvalue weighted by Gasteiger charge is -2.05. The summed E-state index contributed by atoms with van der Waals surface area (Å²) in [6.45, 7) is 0. The van der Waals surface area contributed by atoms with Crippen LogP contribution in [0.3, 0.4) is 0 Å². The van der Waals surface area contributed by atoms with Crippen LogP contribution in [0.25, 0.3) is 27.9 Å². The van der Waals surface area contributed by atoms with Crippen molar-refractivity contribution in [1.82, 2.24) is 14.6 Å². The molecule has 0 radical (unpaired) electrons. The number of hydrogen-bond donors (Lipinski definition) is 1.